The predicted molar refractivity (Wildman–Crippen MR) is 217 cm³/mol. The number of hydrogen-bond acceptors (Lipinski definition) is 2. The van der Waals surface area contributed by atoms with Crippen LogP contribution in [0, 0.1) is 0 Å². The standard InChI is InChI=1S/C48H30N4/c1-2-13-29(14-3-1)31-16-12-17-32(27-31)47-49-38-22-9-6-20-35(38)48(50-47)52-40-24-11-8-21-36(40)44-42(52)28-37-34-19-7-10-23-39(34)51-41-26-25-30-15-4-5-18-33(30)43(41)45(44)46(37)51/h1-28,48H,(H,49,50). The largest absolute Gasteiger partial charge is 0.345 e. The monoisotopic (exact) mass is 662 g/mol. The summed E-state index contributed by atoms with van der Waals surface area (Å²) in [6.45, 7) is 0. The van der Waals surface area contributed by atoms with Gasteiger partial charge in [0, 0.05) is 43.4 Å². The van der Waals surface area contributed by atoms with E-state index in [1.54, 1.807) is 0 Å². The highest BCUT2D eigenvalue weighted by molar-refractivity contribution is 6.38. The molecule has 1 unspecified atom stereocenters. The molecule has 4 nitrogen and oxygen atoms in total. The van der Waals surface area contributed by atoms with E-state index in [1.165, 1.54) is 81.8 Å². The van der Waals surface area contributed by atoms with E-state index in [4.69, 9.17) is 4.99 Å². The quantitative estimate of drug-likeness (QED) is 0.201. The molecular weight excluding hydrogens is 633 g/mol. The highest BCUT2D eigenvalue weighted by Crippen LogP contribution is 2.49. The lowest BCUT2D eigenvalue weighted by atomic mass is 9.98. The van der Waals surface area contributed by atoms with Crippen molar-refractivity contribution in [3.8, 4) is 11.1 Å². The van der Waals surface area contributed by atoms with Crippen molar-refractivity contribution in [2.45, 2.75) is 6.17 Å². The maximum atomic E-state index is 5.25. The third-order valence-electron chi connectivity index (χ3n) is 11.3. The normalized spacial score (nSPS) is 14.6. The number of hydrogen-bond donors (Lipinski definition) is 1. The summed E-state index contributed by atoms with van der Waals surface area (Å²) in [6, 6.07) is 61.6. The Morgan fingerprint density at radius 2 is 1.13 bits per heavy atom. The summed E-state index contributed by atoms with van der Waals surface area (Å²) >= 11 is 0. The van der Waals surface area contributed by atoms with Gasteiger partial charge in [0.25, 0.3) is 0 Å². The van der Waals surface area contributed by atoms with E-state index in [9.17, 15) is 0 Å². The van der Waals surface area contributed by atoms with E-state index in [0.717, 1.165) is 22.6 Å². The first kappa shape index (κ1) is 27.9. The summed E-state index contributed by atoms with van der Waals surface area (Å²) in [4.78, 5) is 5.25. The molecule has 1 aliphatic heterocycles. The van der Waals surface area contributed by atoms with Crippen LogP contribution >= 0.6 is 0 Å². The van der Waals surface area contributed by atoms with Crippen LogP contribution in [0.2, 0.25) is 0 Å². The fourth-order valence-electron chi connectivity index (χ4n) is 9.09. The predicted octanol–water partition coefficient (Wildman–Crippen LogP) is 12.0. The Morgan fingerprint density at radius 1 is 0.442 bits per heavy atom. The minimum Gasteiger partial charge on any atom is -0.345 e. The molecule has 12 rings (SSSR count). The highest BCUT2D eigenvalue weighted by atomic mass is 15.2. The molecule has 3 aromatic heterocycles. The van der Waals surface area contributed by atoms with Gasteiger partial charge in [-0.3, -0.25) is 0 Å². The van der Waals surface area contributed by atoms with Gasteiger partial charge >= 0.3 is 0 Å². The van der Waals surface area contributed by atoms with Gasteiger partial charge in [0.2, 0.25) is 0 Å². The van der Waals surface area contributed by atoms with Crippen LogP contribution < -0.4 is 5.32 Å². The molecule has 52 heavy (non-hydrogen) atoms. The molecule has 1 N–H and O–H groups in total. The van der Waals surface area contributed by atoms with Crippen molar-refractivity contribution in [1.82, 2.24) is 14.3 Å². The fraction of sp³-hybridized carbons (Fsp3) is 0.0208. The second kappa shape index (κ2) is 10.3. The third-order valence-corrected chi connectivity index (χ3v) is 11.3. The molecule has 0 aliphatic carbocycles. The van der Waals surface area contributed by atoms with Gasteiger partial charge in [-0.25, -0.2) is 4.99 Å². The highest BCUT2D eigenvalue weighted by Gasteiger charge is 2.30. The molecule has 1 aliphatic rings. The molecule has 0 bridgehead atoms. The van der Waals surface area contributed by atoms with Crippen LogP contribution in [-0.2, 0) is 0 Å². The smallest absolute Gasteiger partial charge is 0.135 e. The Kier molecular flexibility index (Phi) is 5.53. The lowest BCUT2D eigenvalue weighted by Gasteiger charge is -2.30. The van der Waals surface area contributed by atoms with E-state index in [0.29, 0.717) is 0 Å². The number of rotatable bonds is 3. The molecule has 0 radical (unpaired) electrons. The average molecular weight is 663 g/mol. The van der Waals surface area contributed by atoms with Gasteiger partial charge < -0.3 is 14.3 Å². The topological polar surface area (TPSA) is 33.7 Å². The molecule has 0 saturated carbocycles. The third kappa shape index (κ3) is 3.68. The van der Waals surface area contributed by atoms with Crippen molar-refractivity contribution in [2.75, 3.05) is 0 Å². The number of benzene rings is 8. The lowest BCUT2D eigenvalue weighted by molar-refractivity contribution is 0.578. The minimum absolute atomic E-state index is 0.196. The summed E-state index contributed by atoms with van der Waals surface area (Å²) < 4.78 is 5.04. The summed E-state index contributed by atoms with van der Waals surface area (Å²) in [5, 5.41) is 14.2. The van der Waals surface area contributed by atoms with Gasteiger partial charge in [0.05, 0.1) is 33.3 Å². The zero-order chi connectivity index (χ0) is 33.9. The van der Waals surface area contributed by atoms with Crippen molar-refractivity contribution < 1.29 is 0 Å². The second-order valence-electron chi connectivity index (χ2n) is 14.0. The van der Waals surface area contributed by atoms with Crippen molar-refractivity contribution >= 4 is 82.2 Å². The van der Waals surface area contributed by atoms with Crippen LogP contribution in [0.1, 0.15) is 17.3 Å². The first-order valence-electron chi connectivity index (χ1n) is 17.9. The van der Waals surface area contributed by atoms with Gasteiger partial charge in [-0.2, -0.15) is 0 Å². The molecular formula is C48H30N4. The molecule has 4 heterocycles. The Labute approximate surface area is 298 Å². The Hall–Kier alpha value is -6.91. The molecule has 0 amide bonds. The maximum Gasteiger partial charge on any atom is 0.135 e. The van der Waals surface area contributed by atoms with Crippen LogP contribution in [-0.4, -0.2) is 14.8 Å². The number of aliphatic imine (C=N–C) groups is 1. The van der Waals surface area contributed by atoms with Crippen LogP contribution in [0.4, 0.5) is 5.69 Å². The average Bonchev–Trinajstić information content (AvgIpc) is 3.85. The van der Waals surface area contributed by atoms with E-state index in [2.05, 4.69) is 184 Å². The van der Waals surface area contributed by atoms with Crippen molar-refractivity contribution in [3.63, 3.8) is 0 Å². The molecule has 8 aromatic carbocycles. The number of nitrogens with one attached hydrogen (secondary N) is 1. The zero-order valence-corrected chi connectivity index (χ0v) is 28.1. The number of para-hydroxylation sites is 3. The molecule has 0 spiro atoms. The van der Waals surface area contributed by atoms with Gasteiger partial charge in [-0.1, -0.05) is 133 Å². The molecule has 1 atom stereocenters. The van der Waals surface area contributed by atoms with Crippen molar-refractivity contribution in [2.24, 2.45) is 4.99 Å². The summed E-state index contributed by atoms with van der Waals surface area (Å²) in [7, 11) is 0. The molecule has 4 heteroatoms. The SMILES string of the molecule is c1ccc(-c2cccc(C3=Nc4ccccc4C(n4c5ccccc5c5c6c7c8ccccc8ccc7n7c8ccccc8c(cc54)c67)N3)c2)cc1. The second-order valence-corrected chi connectivity index (χ2v) is 14.0. The van der Waals surface area contributed by atoms with Crippen LogP contribution in [0.5, 0.6) is 0 Å². The number of amidine groups is 1. The van der Waals surface area contributed by atoms with Crippen LogP contribution in [0.15, 0.2) is 175 Å². The van der Waals surface area contributed by atoms with Gasteiger partial charge in [0.15, 0.2) is 0 Å². The van der Waals surface area contributed by atoms with Gasteiger partial charge in [-0.05, 0) is 58.3 Å². The Balaban J connectivity index is 1.20. The summed E-state index contributed by atoms with van der Waals surface area (Å²) in [5.41, 5.74) is 11.7. The van der Waals surface area contributed by atoms with Gasteiger partial charge in [0.1, 0.15) is 12.0 Å². The molecule has 0 saturated heterocycles. The van der Waals surface area contributed by atoms with E-state index >= 15 is 0 Å². The zero-order valence-electron chi connectivity index (χ0n) is 28.1. The minimum atomic E-state index is -0.196. The lowest BCUT2D eigenvalue weighted by Crippen LogP contribution is -2.36. The van der Waals surface area contributed by atoms with Gasteiger partial charge in [-0.15, -0.1) is 0 Å². The van der Waals surface area contributed by atoms with Crippen LogP contribution in [0.25, 0.3) is 81.8 Å². The molecule has 0 fully saturated rings. The maximum absolute atomic E-state index is 5.25. The number of aromatic nitrogens is 2. The summed E-state index contributed by atoms with van der Waals surface area (Å²) in [5.74, 6) is 0.867. The Bertz CT molecular complexity index is 3270. The number of nitrogens with zero attached hydrogens (tertiary/aromatic N) is 3. The first-order chi connectivity index (χ1) is 25.8. The van der Waals surface area contributed by atoms with E-state index < -0.39 is 0 Å². The van der Waals surface area contributed by atoms with Crippen LogP contribution in [0.3, 0.4) is 0 Å². The van der Waals surface area contributed by atoms with Crippen molar-refractivity contribution in [1.29, 1.82) is 0 Å². The first-order valence-corrected chi connectivity index (χ1v) is 17.9. The van der Waals surface area contributed by atoms with E-state index in [1.807, 2.05) is 0 Å². The molecule has 11 aromatic rings. The van der Waals surface area contributed by atoms with E-state index in [-0.39, 0.29) is 6.17 Å². The summed E-state index contributed by atoms with van der Waals surface area (Å²) in [6.07, 6.45) is -0.196. The van der Waals surface area contributed by atoms with Crippen molar-refractivity contribution in [3.05, 3.63) is 181 Å². The fourth-order valence-corrected chi connectivity index (χ4v) is 9.09. The number of fused-ring (bicyclic) bond motifs is 13. The molecule has 242 valence electrons. The Morgan fingerprint density at radius 3 is 2.04 bits per heavy atom.